The molecule has 35 heavy (non-hydrogen) atoms. The Bertz CT molecular complexity index is 617. The maximum absolute atomic E-state index is 13.5. The van der Waals surface area contributed by atoms with Crippen molar-refractivity contribution in [3.05, 3.63) is 0 Å². The summed E-state index contributed by atoms with van der Waals surface area (Å²) in [6.07, 6.45) is 4.66. The molecular weight excluding hydrogens is 485 g/mol. The van der Waals surface area contributed by atoms with Crippen LogP contribution < -0.4 is 0 Å². The van der Waals surface area contributed by atoms with Crippen LogP contribution in [0.2, 0.25) is 0 Å². The zero-order valence-corrected chi connectivity index (χ0v) is 20.9. The SMILES string of the molecule is CCCCCCCCCCCCCOC(=O)C(CC)(CC)C(=O)OCC(F)(F)C(F)(F)C(F)(F)F. The molecule has 0 radical (unpaired) electrons. The van der Waals surface area contributed by atoms with E-state index in [1.807, 2.05) is 0 Å². The van der Waals surface area contributed by atoms with Gasteiger partial charge in [-0.15, -0.1) is 0 Å². The zero-order chi connectivity index (χ0) is 27.2. The Kier molecular flexibility index (Phi) is 14.8. The first-order valence-corrected chi connectivity index (χ1v) is 12.4. The predicted octanol–water partition coefficient (Wildman–Crippen LogP) is 8.02. The van der Waals surface area contributed by atoms with Gasteiger partial charge in [0.05, 0.1) is 6.61 Å². The van der Waals surface area contributed by atoms with E-state index in [9.17, 15) is 40.3 Å². The van der Waals surface area contributed by atoms with Crippen molar-refractivity contribution in [3.63, 3.8) is 0 Å². The van der Waals surface area contributed by atoms with Crippen LogP contribution >= 0.6 is 0 Å². The van der Waals surface area contributed by atoms with E-state index in [1.165, 1.54) is 52.4 Å². The van der Waals surface area contributed by atoms with E-state index < -0.39 is 42.0 Å². The molecule has 0 aromatic rings. The van der Waals surface area contributed by atoms with Crippen LogP contribution in [0.15, 0.2) is 0 Å². The smallest absolute Gasteiger partial charge is 0.460 e. The van der Waals surface area contributed by atoms with Gasteiger partial charge in [0.15, 0.2) is 12.0 Å². The molecule has 0 aliphatic rings. The van der Waals surface area contributed by atoms with Crippen molar-refractivity contribution >= 4 is 11.9 Å². The first-order valence-electron chi connectivity index (χ1n) is 12.4. The largest absolute Gasteiger partial charge is 0.465 e. The van der Waals surface area contributed by atoms with E-state index in [1.54, 1.807) is 0 Å². The molecule has 0 fully saturated rings. The number of esters is 2. The lowest BCUT2D eigenvalue weighted by atomic mass is 9.82. The summed E-state index contributed by atoms with van der Waals surface area (Å²) < 4.78 is 98.9. The third-order valence-corrected chi connectivity index (χ3v) is 6.17. The van der Waals surface area contributed by atoms with Gasteiger partial charge in [0.1, 0.15) is 0 Å². The summed E-state index contributed by atoms with van der Waals surface area (Å²) in [7, 11) is 0. The summed E-state index contributed by atoms with van der Waals surface area (Å²) in [5, 5.41) is 0. The molecule has 0 heterocycles. The predicted molar refractivity (Wildman–Crippen MR) is 117 cm³/mol. The maximum atomic E-state index is 13.5. The minimum absolute atomic E-state index is 0.0345. The highest BCUT2D eigenvalue weighted by Crippen LogP contribution is 2.46. The highest BCUT2D eigenvalue weighted by atomic mass is 19.4. The van der Waals surface area contributed by atoms with Crippen LogP contribution in [-0.2, 0) is 19.1 Å². The molecule has 0 rings (SSSR count). The second kappa shape index (κ2) is 15.5. The van der Waals surface area contributed by atoms with Crippen molar-refractivity contribution in [2.75, 3.05) is 13.2 Å². The molecule has 0 saturated heterocycles. The molecule has 0 aromatic carbocycles. The Labute approximate surface area is 203 Å². The number of rotatable bonds is 19. The number of carbonyl (C=O) groups is 2. The maximum Gasteiger partial charge on any atom is 0.460 e. The Morgan fingerprint density at radius 1 is 0.600 bits per heavy atom. The molecule has 0 spiro atoms. The summed E-state index contributed by atoms with van der Waals surface area (Å²) in [4.78, 5) is 24.8. The molecule has 11 heteroatoms. The van der Waals surface area contributed by atoms with Crippen LogP contribution in [0.1, 0.15) is 104 Å². The van der Waals surface area contributed by atoms with Crippen molar-refractivity contribution in [2.45, 2.75) is 122 Å². The average Bonchev–Trinajstić information content (AvgIpc) is 2.78. The van der Waals surface area contributed by atoms with Gasteiger partial charge in [-0.1, -0.05) is 85.0 Å². The van der Waals surface area contributed by atoms with E-state index in [2.05, 4.69) is 11.7 Å². The van der Waals surface area contributed by atoms with Crippen molar-refractivity contribution in [1.29, 1.82) is 0 Å². The summed E-state index contributed by atoms with van der Waals surface area (Å²) >= 11 is 0. The molecule has 0 aliphatic heterocycles. The second-order valence-corrected chi connectivity index (χ2v) is 8.81. The number of carbonyl (C=O) groups excluding carboxylic acids is 2. The number of hydrogen-bond acceptors (Lipinski definition) is 4. The fraction of sp³-hybridized carbons (Fsp3) is 0.917. The minimum atomic E-state index is -6.54. The van der Waals surface area contributed by atoms with Gasteiger partial charge >= 0.3 is 30.0 Å². The Hall–Kier alpha value is -1.55. The third kappa shape index (κ3) is 10.1. The first kappa shape index (κ1) is 33.4. The van der Waals surface area contributed by atoms with Gasteiger partial charge in [-0.3, -0.25) is 9.59 Å². The number of hydrogen-bond donors (Lipinski definition) is 0. The monoisotopic (exact) mass is 524 g/mol. The fourth-order valence-corrected chi connectivity index (χ4v) is 3.57. The molecule has 0 aromatic heterocycles. The molecule has 0 unspecified atom stereocenters. The second-order valence-electron chi connectivity index (χ2n) is 8.81. The lowest BCUT2D eigenvalue weighted by Gasteiger charge is -2.30. The quantitative estimate of drug-likeness (QED) is 0.0743. The van der Waals surface area contributed by atoms with Crippen molar-refractivity contribution in [3.8, 4) is 0 Å². The van der Waals surface area contributed by atoms with Crippen LogP contribution in [0.5, 0.6) is 0 Å². The van der Waals surface area contributed by atoms with Crippen LogP contribution in [0, 0.1) is 5.41 Å². The zero-order valence-electron chi connectivity index (χ0n) is 20.9. The van der Waals surface area contributed by atoms with Crippen LogP contribution in [0.25, 0.3) is 0 Å². The van der Waals surface area contributed by atoms with E-state index >= 15 is 0 Å². The van der Waals surface area contributed by atoms with Crippen LogP contribution in [0.4, 0.5) is 30.7 Å². The van der Waals surface area contributed by atoms with Gasteiger partial charge in [-0.2, -0.15) is 30.7 Å². The van der Waals surface area contributed by atoms with Gasteiger partial charge in [-0.25, -0.2) is 0 Å². The van der Waals surface area contributed by atoms with E-state index in [-0.39, 0.29) is 19.4 Å². The summed E-state index contributed by atoms with van der Waals surface area (Å²) in [6.45, 7) is 2.33. The first-order chi connectivity index (χ1) is 16.2. The number of ether oxygens (including phenoxy) is 2. The van der Waals surface area contributed by atoms with Crippen LogP contribution in [0.3, 0.4) is 0 Å². The Balaban J connectivity index is 4.55. The summed E-state index contributed by atoms with van der Waals surface area (Å²) in [5.74, 6) is -14.8. The lowest BCUT2D eigenvalue weighted by Crippen LogP contribution is -2.55. The number of halogens is 7. The van der Waals surface area contributed by atoms with Crippen molar-refractivity contribution in [2.24, 2.45) is 5.41 Å². The van der Waals surface area contributed by atoms with Crippen molar-refractivity contribution in [1.82, 2.24) is 0 Å². The number of alkyl halides is 7. The Morgan fingerprint density at radius 3 is 1.40 bits per heavy atom. The standard InChI is InChI=1S/C24H39F7O4/c1-4-7-8-9-10-11-12-13-14-15-16-17-34-19(32)21(5-2,6-3)20(33)35-18-22(25,26)23(27,28)24(29,30)31/h4-18H2,1-3H3. The minimum Gasteiger partial charge on any atom is -0.465 e. The van der Waals surface area contributed by atoms with Gasteiger partial charge < -0.3 is 9.47 Å². The average molecular weight is 525 g/mol. The van der Waals surface area contributed by atoms with Gasteiger partial charge in [-0.05, 0) is 19.3 Å². The van der Waals surface area contributed by atoms with Gasteiger partial charge in [0, 0.05) is 0 Å². The number of unbranched alkanes of at least 4 members (excludes halogenated alkanes) is 10. The molecule has 0 amide bonds. The fourth-order valence-electron chi connectivity index (χ4n) is 3.57. The van der Waals surface area contributed by atoms with E-state index in [0.717, 1.165) is 25.7 Å². The van der Waals surface area contributed by atoms with Crippen LogP contribution in [-0.4, -0.2) is 43.2 Å². The van der Waals surface area contributed by atoms with Gasteiger partial charge in [0.25, 0.3) is 0 Å². The molecule has 0 bridgehead atoms. The normalized spacial score (nSPS) is 13.1. The molecule has 0 N–H and O–H groups in total. The highest BCUT2D eigenvalue weighted by Gasteiger charge is 2.73. The lowest BCUT2D eigenvalue weighted by molar-refractivity contribution is -0.360. The summed E-state index contributed by atoms with van der Waals surface area (Å²) in [6, 6.07) is 0. The van der Waals surface area contributed by atoms with E-state index in [4.69, 9.17) is 4.74 Å². The molecule has 0 aliphatic carbocycles. The van der Waals surface area contributed by atoms with Crippen molar-refractivity contribution < 1.29 is 49.8 Å². The summed E-state index contributed by atoms with van der Waals surface area (Å²) in [5.41, 5.74) is -2.07. The third-order valence-electron chi connectivity index (χ3n) is 6.17. The van der Waals surface area contributed by atoms with Gasteiger partial charge in [0.2, 0.25) is 0 Å². The van der Waals surface area contributed by atoms with E-state index in [0.29, 0.717) is 6.42 Å². The molecule has 4 nitrogen and oxygen atoms in total. The molecule has 0 atom stereocenters. The topological polar surface area (TPSA) is 52.6 Å². The molecule has 0 saturated carbocycles. The Morgan fingerprint density at radius 2 is 1.00 bits per heavy atom. The molecular formula is C24H39F7O4. The molecule has 208 valence electrons. The highest BCUT2D eigenvalue weighted by molar-refractivity contribution is 6.00.